The van der Waals surface area contributed by atoms with Gasteiger partial charge in [0, 0.05) is 23.9 Å². The number of hydrogen-bond donors (Lipinski definition) is 2. The molecule has 0 bridgehead atoms. The van der Waals surface area contributed by atoms with Gasteiger partial charge >= 0.3 is 0 Å². The van der Waals surface area contributed by atoms with Crippen LogP contribution in [0.25, 0.3) is 0 Å². The molecule has 2 aromatic carbocycles. The number of benzene rings is 2. The Balaban J connectivity index is 1.49. The van der Waals surface area contributed by atoms with Crippen LogP contribution in [0, 0.1) is 5.82 Å². The number of carbonyl (C=O) groups is 2. The smallest absolute Gasteiger partial charge is 0.271 e. The average molecular weight is 383 g/mol. The summed E-state index contributed by atoms with van der Waals surface area (Å²) in [5, 5.41) is 7.24. The molecule has 0 aliphatic heterocycles. The summed E-state index contributed by atoms with van der Waals surface area (Å²) in [5.74, 6) is -0.951. The fraction of sp³-hybridized carbons (Fsp3) is 0.150. The van der Waals surface area contributed by atoms with Crippen molar-refractivity contribution in [3.63, 3.8) is 0 Å². The molecule has 2 amide bonds. The summed E-state index contributed by atoms with van der Waals surface area (Å²) in [7, 11) is 0. The number of amides is 2. The van der Waals surface area contributed by atoms with Crippen LogP contribution < -0.4 is 10.6 Å². The van der Waals surface area contributed by atoms with E-state index in [1.54, 1.807) is 23.6 Å². The number of thiazole rings is 1. The summed E-state index contributed by atoms with van der Waals surface area (Å²) in [6.45, 7) is 0.0712. The molecule has 0 spiro atoms. The van der Waals surface area contributed by atoms with Crippen molar-refractivity contribution < 1.29 is 14.0 Å². The Kier molecular flexibility index (Phi) is 6.27. The molecule has 0 radical (unpaired) electrons. The number of rotatable bonds is 7. The van der Waals surface area contributed by atoms with Gasteiger partial charge in [0.25, 0.3) is 5.91 Å². The molecule has 0 fully saturated rings. The molecule has 27 heavy (non-hydrogen) atoms. The van der Waals surface area contributed by atoms with Crippen molar-refractivity contribution in [2.24, 2.45) is 0 Å². The van der Waals surface area contributed by atoms with Crippen LogP contribution in [0.1, 0.15) is 28.0 Å². The Labute approximate surface area is 160 Å². The standard InChI is InChI=1S/C20H18FN3O2S/c21-16-9-5-4-8-15(16)12-22-19(26)17-13-27-20(23-17)24-18(25)11-10-14-6-2-1-3-7-14/h1-9,13H,10-12H2,(H,22,26)(H,23,24,25). The van der Waals surface area contributed by atoms with Crippen LogP contribution in [0.3, 0.4) is 0 Å². The van der Waals surface area contributed by atoms with Gasteiger partial charge in [-0.2, -0.15) is 0 Å². The summed E-state index contributed by atoms with van der Waals surface area (Å²) in [6.07, 6.45) is 0.965. The fourth-order valence-corrected chi connectivity index (χ4v) is 3.13. The van der Waals surface area contributed by atoms with E-state index >= 15 is 0 Å². The SMILES string of the molecule is O=C(CCc1ccccc1)Nc1nc(C(=O)NCc2ccccc2F)cs1. The molecule has 0 saturated heterocycles. The number of aromatic nitrogens is 1. The minimum atomic E-state index is -0.417. The van der Waals surface area contributed by atoms with Crippen LogP contribution in [-0.4, -0.2) is 16.8 Å². The molecular weight excluding hydrogens is 365 g/mol. The highest BCUT2D eigenvalue weighted by atomic mass is 32.1. The predicted molar refractivity (Wildman–Crippen MR) is 103 cm³/mol. The van der Waals surface area contributed by atoms with Gasteiger partial charge in [0.2, 0.25) is 5.91 Å². The van der Waals surface area contributed by atoms with E-state index in [4.69, 9.17) is 0 Å². The quantitative estimate of drug-likeness (QED) is 0.652. The number of aryl methyl sites for hydroxylation is 1. The highest BCUT2D eigenvalue weighted by Crippen LogP contribution is 2.16. The molecule has 3 rings (SSSR count). The second-order valence-electron chi connectivity index (χ2n) is 5.85. The van der Waals surface area contributed by atoms with Crippen LogP contribution in [0.2, 0.25) is 0 Å². The van der Waals surface area contributed by atoms with Gasteiger partial charge in [-0.15, -0.1) is 11.3 Å². The summed E-state index contributed by atoms with van der Waals surface area (Å²) < 4.78 is 13.6. The molecule has 1 heterocycles. The molecule has 7 heteroatoms. The van der Waals surface area contributed by atoms with Crippen molar-refractivity contribution in [3.05, 3.63) is 82.6 Å². The molecule has 0 unspecified atom stereocenters. The summed E-state index contributed by atoms with van der Waals surface area (Å²) >= 11 is 1.17. The average Bonchev–Trinajstić information content (AvgIpc) is 3.15. The Morgan fingerprint density at radius 3 is 2.56 bits per heavy atom. The largest absolute Gasteiger partial charge is 0.346 e. The molecular formula is C20H18FN3O2S. The molecule has 0 aliphatic carbocycles. The number of anilines is 1. The third-order valence-corrected chi connectivity index (χ3v) is 4.62. The van der Waals surface area contributed by atoms with Gasteiger partial charge in [-0.3, -0.25) is 9.59 Å². The van der Waals surface area contributed by atoms with Gasteiger partial charge in [0.05, 0.1) is 0 Å². The van der Waals surface area contributed by atoms with Crippen LogP contribution in [-0.2, 0) is 17.8 Å². The first-order chi connectivity index (χ1) is 13.1. The van der Waals surface area contributed by atoms with E-state index in [9.17, 15) is 14.0 Å². The second-order valence-corrected chi connectivity index (χ2v) is 6.70. The Hall–Kier alpha value is -3.06. The first-order valence-electron chi connectivity index (χ1n) is 8.43. The zero-order valence-electron chi connectivity index (χ0n) is 14.4. The van der Waals surface area contributed by atoms with Crippen LogP contribution in [0.5, 0.6) is 0 Å². The number of carbonyl (C=O) groups excluding carboxylic acids is 2. The van der Waals surface area contributed by atoms with Crippen molar-refractivity contribution in [2.75, 3.05) is 5.32 Å². The number of halogens is 1. The van der Waals surface area contributed by atoms with Gasteiger partial charge in [0.1, 0.15) is 11.5 Å². The topological polar surface area (TPSA) is 71.1 Å². The van der Waals surface area contributed by atoms with Gasteiger partial charge in [-0.1, -0.05) is 48.5 Å². The molecule has 2 N–H and O–H groups in total. The molecule has 0 saturated carbocycles. The highest BCUT2D eigenvalue weighted by molar-refractivity contribution is 7.14. The maximum absolute atomic E-state index is 13.6. The van der Waals surface area contributed by atoms with Crippen molar-refractivity contribution in [2.45, 2.75) is 19.4 Å². The second kappa shape index (κ2) is 9.05. The lowest BCUT2D eigenvalue weighted by Crippen LogP contribution is -2.23. The normalized spacial score (nSPS) is 10.4. The van der Waals surface area contributed by atoms with Gasteiger partial charge in [-0.25, -0.2) is 9.37 Å². The maximum atomic E-state index is 13.6. The van der Waals surface area contributed by atoms with E-state index in [0.717, 1.165) is 5.56 Å². The van der Waals surface area contributed by atoms with Crippen LogP contribution in [0.4, 0.5) is 9.52 Å². The minimum absolute atomic E-state index is 0.0712. The lowest BCUT2D eigenvalue weighted by atomic mass is 10.1. The van der Waals surface area contributed by atoms with E-state index < -0.39 is 5.91 Å². The number of nitrogens with zero attached hydrogens (tertiary/aromatic N) is 1. The number of nitrogens with one attached hydrogen (secondary N) is 2. The summed E-state index contributed by atoms with van der Waals surface area (Å²) in [5.41, 5.74) is 1.67. The van der Waals surface area contributed by atoms with Crippen molar-refractivity contribution in [1.82, 2.24) is 10.3 Å². The van der Waals surface area contributed by atoms with Crippen LogP contribution >= 0.6 is 11.3 Å². The van der Waals surface area contributed by atoms with Crippen molar-refractivity contribution in [3.8, 4) is 0 Å². The van der Waals surface area contributed by atoms with Gasteiger partial charge in [-0.05, 0) is 18.1 Å². The van der Waals surface area contributed by atoms with Crippen molar-refractivity contribution >= 4 is 28.3 Å². The Morgan fingerprint density at radius 2 is 1.78 bits per heavy atom. The number of hydrogen-bond acceptors (Lipinski definition) is 4. The summed E-state index contributed by atoms with van der Waals surface area (Å²) in [6, 6.07) is 16.0. The monoisotopic (exact) mass is 383 g/mol. The predicted octanol–water partition coefficient (Wildman–Crippen LogP) is 3.78. The molecule has 1 aromatic heterocycles. The molecule has 0 atom stereocenters. The lowest BCUT2D eigenvalue weighted by Gasteiger charge is -2.04. The summed E-state index contributed by atoms with van der Waals surface area (Å²) in [4.78, 5) is 28.3. The zero-order valence-corrected chi connectivity index (χ0v) is 15.3. The first kappa shape index (κ1) is 18.7. The molecule has 138 valence electrons. The highest BCUT2D eigenvalue weighted by Gasteiger charge is 2.13. The zero-order chi connectivity index (χ0) is 19.1. The third kappa shape index (κ3) is 5.46. The van der Waals surface area contributed by atoms with Crippen LogP contribution in [0.15, 0.2) is 60.0 Å². The maximum Gasteiger partial charge on any atom is 0.271 e. The van der Waals surface area contributed by atoms with E-state index in [1.807, 2.05) is 30.3 Å². The van der Waals surface area contributed by atoms with Gasteiger partial charge in [0.15, 0.2) is 5.13 Å². The van der Waals surface area contributed by atoms with Crippen molar-refractivity contribution in [1.29, 1.82) is 0 Å². The molecule has 3 aromatic rings. The van der Waals surface area contributed by atoms with E-state index in [1.165, 1.54) is 17.4 Å². The molecule has 5 nitrogen and oxygen atoms in total. The third-order valence-electron chi connectivity index (χ3n) is 3.86. The minimum Gasteiger partial charge on any atom is -0.346 e. The van der Waals surface area contributed by atoms with E-state index in [2.05, 4.69) is 15.6 Å². The first-order valence-corrected chi connectivity index (χ1v) is 9.30. The Morgan fingerprint density at radius 1 is 1.04 bits per heavy atom. The van der Waals surface area contributed by atoms with Gasteiger partial charge < -0.3 is 10.6 Å². The fourth-order valence-electron chi connectivity index (χ4n) is 2.43. The van der Waals surface area contributed by atoms with E-state index in [0.29, 0.717) is 23.5 Å². The molecule has 0 aliphatic rings. The van der Waals surface area contributed by atoms with E-state index in [-0.39, 0.29) is 24.0 Å². The lowest BCUT2D eigenvalue weighted by molar-refractivity contribution is -0.116. The Bertz CT molecular complexity index is 928.